The summed E-state index contributed by atoms with van der Waals surface area (Å²) in [5.41, 5.74) is 2.12. The maximum Gasteiger partial charge on any atom is 0.265 e. The number of fused-ring (bicyclic) bond motifs is 1. The van der Waals surface area contributed by atoms with Gasteiger partial charge < -0.3 is 9.80 Å². The van der Waals surface area contributed by atoms with E-state index in [0.29, 0.717) is 37.2 Å². The summed E-state index contributed by atoms with van der Waals surface area (Å²) in [6.07, 6.45) is 1.62. The second kappa shape index (κ2) is 8.86. The molecule has 0 atom stereocenters. The Balaban J connectivity index is 1.44. The first-order valence-corrected chi connectivity index (χ1v) is 10.9. The lowest BCUT2D eigenvalue weighted by Gasteiger charge is -2.36. The second-order valence-corrected chi connectivity index (χ2v) is 8.11. The van der Waals surface area contributed by atoms with Gasteiger partial charge in [-0.2, -0.15) is 0 Å². The van der Waals surface area contributed by atoms with Crippen LogP contribution in [0.15, 0.2) is 83.8 Å². The third kappa shape index (κ3) is 4.22. The summed E-state index contributed by atoms with van der Waals surface area (Å²) in [6, 6.07) is 21.3. The van der Waals surface area contributed by atoms with Crippen LogP contribution in [0.3, 0.4) is 0 Å². The number of rotatable bonds is 4. The summed E-state index contributed by atoms with van der Waals surface area (Å²) in [6.45, 7) is 2.69. The number of hydrogen-bond acceptors (Lipinski definition) is 4. The molecule has 0 N–H and O–H groups in total. The van der Waals surface area contributed by atoms with Crippen molar-refractivity contribution in [3.05, 3.63) is 106 Å². The number of aromatic nitrogens is 2. The van der Waals surface area contributed by atoms with E-state index in [1.807, 2.05) is 24.3 Å². The van der Waals surface area contributed by atoms with Gasteiger partial charge in [0.2, 0.25) is 0 Å². The van der Waals surface area contributed by atoms with Gasteiger partial charge in [-0.05, 0) is 48.0 Å². The average Bonchev–Trinajstić information content (AvgIpc) is 2.87. The summed E-state index contributed by atoms with van der Waals surface area (Å²) in [7, 11) is 0. The zero-order valence-corrected chi connectivity index (χ0v) is 18.0. The topological polar surface area (TPSA) is 58.4 Å². The number of para-hydroxylation sites is 1. The first kappa shape index (κ1) is 20.9. The van der Waals surface area contributed by atoms with Crippen molar-refractivity contribution in [2.75, 3.05) is 31.1 Å². The van der Waals surface area contributed by atoms with Crippen LogP contribution in [-0.2, 0) is 6.54 Å². The molecule has 7 heteroatoms. The average molecular weight is 442 g/mol. The highest BCUT2D eigenvalue weighted by Crippen LogP contribution is 2.18. The van der Waals surface area contributed by atoms with Crippen molar-refractivity contribution >= 4 is 22.6 Å². The molecule has 33 heavy (non-hydrogen) atoms. The van der Waals surface area contributed by atoms with Crippen molar-refractivity contribution < 1.29 is 9.18 Å². The summed E-state index contributed by atoms with van der Waals surface area (Å²) in [5, 5.41) is 0.713. The van der Waals surface area contributed by atoms with Crippen molar-refractivity contribution in [1.82, 2.24) is 14.5 Å². The van der Waals surface area contributed by atoms with Crippen LogP contribution in [0.25, 0.3) is 11.0 Å². The molecule has 5 rings (SSSR count). The molecule has 2 aromatic heterocycles. The van der Waals surface area contributed by atoms with Crippen LogP contribution in [0.4, 0.5) is 10.1 Å². The minimum Gasteiger partial charge on any atom is -0.368 e. The van der Waals surface area contributed by atoms with Gasteiger partial charge in [-0.25, -0.2) is 9.37 Å². The molecule has 1 amide bonds. The SMILES string of the molecule is O=C(c1cc2cccnc2n(Cc2ccc(F)cc2)c1=O)N1CCN(c2ccccc2)CC1. The summed E-state index contributed by atoms with van der Waals surface area (Å²) in [4.78, 5) is 35.1. The van der Waals surface area contributed by atoms with Crippen molar-refractivity contribution in [2.45, 2.75) is 6.54 Å². The van der Waals surface area contributed by atoms with Crippen molar-refractivity contribution in [3.8, 4) is 0 Å². The molecular weight excluding hydrogens is 419 g/mol. The third-order valence-corrected chi connectivity index (χ3v) is 6.02. The van der Waals surface area contributed by atoms with Gasteiger partial charge >= 0.3 is 0 Å². The molecule has 166 valence electrons. The third-order valence-electron chi connectivity index (χ3n) is 6.02. The fourth-order valence-electron chi connectivity index (χ4n) is 4.26. The first-order valence-electron chi connectivity index (χ1n) is 10.9. The molecule has 0 bridgehead atoms. The molecule has 0 aliphatic carbocycles. The van der Waals surface area contributed by atoms with Crippen molar-refractivity contribution in [2.24, 2.45) is 0 Å². The normalized spacial score (nSPS) is 14.0. The van der Waals surface area contributed by atoms with Gasteiger partial charge in [0.15, 0.2) is 0 Å². The summed E-state index contributed by atoms with van der Waals surface area (Å²) < 4.78 is 14.8. The zero-order chi connectivity index (χ0) is 22.8. The predicted octanol–water partition coefficient (Wildman–Crippen LogP) is 3.55. The molecule has 2 aromatic carbocycles. The van der Waals surface area contributed by atoms with Gasteiger partial charge in [-0.3, -0.25) is 14.2 Å². The molecule has 1 aliphatic heterocycles. The van der Waals surface area contributed by atoms with Gasteiger partial charge in [0.05, 0.1) is 6.54 Å². The molecule has 0 spiro atoms. The number of amides is 1. The largest absolute Gasteiger partial charge is 0.368 e. The Morgan fingerprint density at radius 2 is 1.64 bits per heavy atom. The lowest BCUT2D eigenvalue weighted by atomic mass is 10.1. The number of halogens is 1. The Labute approximate surface area is 190 Å². The Kier molecular flexibility index (Phi) is 5.60. The smallest absolute Gasteiger partial charge is 0.265 e. The van der Waals surface area contributed by atoms with E-state index in [1.165, 1.54) is 16.7 Å². The molecule has 4 aromatic rings. The molecule has 6 nitrogen and oxygen atoms in total. The van der Waals surface area contributed by atoms with E-state index in [0.717, 1.165) is 11.3 Å². The standard InChI is InChI=1S/C26H23FN4O2/c27-21-10-8-19(9-11-21)18-31-24-20(5-4-12-28-24)17-23(26(31)33)25(32)30-15-13-29(14-16-30)22-6-2-1-3-7-22/h1-12,17H,13-16,18H2. The number of carbonyl (C=O) groups excluding carboxylic acids is 1. The number of nitrogens with zero attached hydrogens (tertiary/aromatic N) is 4. The molecule has 1 aliphatic rings. The zero-order valence-electron chi connectivity index (χ0n) is 18.0. The van der Waals surface area contributed by atoms with Gasteiger partial charge in [0.25, 0.3) is 11.5 Å². The Bertz CT molecular complexity index is 1340. The Hall–Kier alpha value is -4.00. The lowest BCUT2D eigenvalue weighted by Crippen LogP contribution is -2.50. The molecule has 1 saturated heterocycles. The molecule has 0 radical (unpaired) electrons. The lowest BCUT2D eigenvalue weighted by molar-refractivity contribution is 0.0744. The maximum absolute atomic E-state index is 13.4. The quantitative estimate of drug-likeness (QED) is 0.485. The highest BCUT2D eigenvalue weighted by atomic mass is 19.1. The van der Waals surface area contributed by atoms with Gasteiger partial charge in [-0.15, -0.1) is 0 Å². The van der Waals surface area contributed by atoms with Crippen LogP contribution in [-0.4, -0.2) is 46.5 Å². The Morgan fingerprint density at radius 3 is 2.36 bits per heavy atom. The second-order valence-electron chi connectivity index (χ2n) is 8.11. The van der Waals surface area contributed by atoms with Crippen molar-refractivity contribution in [1.29, 1.82) is 0 Å². The van der Waals surface area contributed by atoms with Gasteiger partial charge in [-0.1, -0.05) is 30.3 Å². The number of piperazine rings is 1. The molecular formula is C26H23FN4O2. The van der Waals surface area contributed by atoms with E-state index in [4.69, 9.17) is 0 Å². The molecule has 0 saturated carbocycles. The number of anilines is 1. The molecule has 3 heterocycles. The van der Waals surface area contributed by atoms with E-state index < -0.39 is 0 Å². The van der Waals surface area contributed by atoms with Crippen molar-refractivity contribution in [3.63, 3.8) is 0 Å². The van der Waals surface area contributed by atoms with E-state index in [9.17, 15) is 14.0 Å². The molecule has 1 fully saturated rings. The van der Waals surface area contributed by atoms with Crippen LogP contribution in [0.5, 0.6) is 0 Å². The van der Waals surface area contributed by atoms with Crippen LogP contribution in [0, 0.1) is 5.82 Å². The van der Waals surface area contributed by atoms with Gasteiger partial charge in [0, 0.05) is 43.4 Å². The summed E-state index contributed by atoms with van der Waals surface area (Å²) in [5.74, 6) is -0.612. The maximum atomic E-state index is 13.4. The van der Waals surface area contributed by atoms with E-state index in [2.05, 4.69) is 22.0 Å². The van der Waals surface area contributed by atoms with Crippen LogP contribution in [0.2, 0.25) is 0 Å². The number of benzene rings is 2. The monoisotopic (exact) mass is 442 g/mol. The minimum atomic E-state index is -0.388. The number of pyridine rings is 2. The number of carbonyl (C=O) groups is 1. The summed E-state index contributed by atoms with van der Waals surface area (Å²) >= 11 is 0. The predicted molar refractivity (Wildman–Crippen MR) is 126 cm³/mol. The molecule has 0 unspecified atom stereocenters. The van der Waals surface area contributed by atoms with Gasteiger partial charge in [0.1, 0.15) is 17.0 Å². The van der Waals surface area contributed by atoms with Crippen LogP contribution < -0.4 is 10.5 Å². The Morgan fingerprint density at radius 1 is 0.909 bits per heavy atom. The van der Waals surface area contributed by atoms with E-state index in [1.54, 1.807) is 35.4 Å². The first-order chi connectivity index (χ1) is 16.1. The minimum absolute atomic E-state index is 0.130. The van der Waals surface area contributed by atoms with Crippen LogP contribution >= 0.6 is 0 Å². The highest BCUT2D eigenvalue weighted by molar-refractivity contribution is 5.97. The fraction of sp³-hybridized carbons (Fsp3) is 0.192. The van der Waals surface area contributed by atoms with E-state index in [-0.39, 0.29) is 29.4 Å². The number of hydrogen-bond donors (Lipinski definition) is 0. The highest BCUT2D eigenvalue weighted by Gasteiger charge is 2.25. The van der Waals surface area contributed by atoms with E-state index >= 15 is 0 Å². The fourth-order valence-corrected chi connectivity index (χ4v) is 4.26. The van der Waals surface area contributed by atoms with Crippen LogP contribution in [0.1, 0.15) is 15.9 Å².